The van der Waals surface area contributed by atoms with Gasteiger partial charge in [-0.2, -0.15) is 5.26 Å². The molecule has 0 spiro atoms. The van der Waals surface area contributed by atoms with E-state index in [0.29, 0.717) is 0 Å². The fourth-order valence-electron chi connectivity index (χ4n) is 1.42. The van der Waals surface area contributed by atoms with Crippen LogP contribution in [-0.4, -0.2) is 30.8 Å². The maximum atomic E-state index is 11.1. The maximum absolute atomic E-state index is 11.1. The number of carbonyl (C=O) groups is 1. The number of likely N-dealkylation sites (tertiary alicyclic amines) is 1. The molecule has 1 rings (SSSR count). The Morgan fingerprint density at radius 3 is 3.00 bits per heavy atom. The van der Waals surface area contributed by atoms with Crippen molar-refractivity contribution in [3.05, 3.63) is 0 Å². The van der Waals surface area contributed by atoms with Crippen LogP contribution in [0.2, 0.25) is 0 Å². The molecule has 0 N–H and O–H groups in total. The Bertz CT molecular complexity index is 195. The molecule has 11 heavy (non-hydrogen) atoms. The quantitative estimate of drug-likeness (QED) is 0.576. The topological polar surface area (TPSA) is 44.1 Å². The largest absolute Gasteiger partial charge is 0.306 e. The summed E-state index contributed by atoms with van der Waals surface area (Å²) in [5.74, 6) is 0.233. The van der Waals surface area contributed by atoms with E-state index in [1.165, 1.54) is 0 Å². The van der Waals surface area contributed by atoms with Gasteiger partial charge in [-0.3, -0.25) is 4.79 Å². The van der Waals surface area contributed by atoms with E-state index in [1.807, 2.05) is 13.1 Å². The number of rotatable bonds is 2. The molecular formula is C8H12N2O. The summed E-state index contributed by atoms with van der Waals surface area (Å²) in [7, 11) is 2.00. The third-order valence-electron chi connectivity index (χ3n) is 2.10. The first kappa shape index (κ1) is 8.22. The van der Waals surface area contributed by atoms with Crippen molar-refractivity contribution in [1.82, 2.24) is 4.90 Å². The van der Waals surface area contributed by atoms with Gasteiger partial charge in [-0.15, -0.1) is 0 Å². The maximum Gasteiger partial charge on any atom is 0.151 e. The molecule has 1 atom stereocenters. The Labute approximate surface area is 66.6 Å². The van der Waals surface area contributed by atoms with E-state index in [2.05, 4.69) is 4.90 Å². The van der Waals surface area contributed by atoms with Gasteiger partial charge in [-0.05, 0) is 20.0 Å². The molecule has 1 aliphatic heterocycles. The summed E-state index contributed by atoms with van der Waals surface area (Å²) in [6.07, 6.45) is 1.01. The van der Waals surface area contributed by atoms with Gasteiger partial charge < -0.3 is 4.90 Å². The van der Waals surface area contributed by atoms with Crippen molar-refractivity contribution < 1.29 is 4.79 Å². The van der Waals surface area contributed by atoms with Gasteiger partial charge in [0.2, 0.25) is 0 Å². The Hall–Kier alpha value is -0.880. The highest BCUT2D eigenvalue weighted by atomic mass is 16.1. The van der Waals surface area contributed by atoms with E-state index in [1.54, 1.807) is 0 Å². The zero-order chi connectivity index (χ0) is 8.27. The number of hydrogen-bond donors (Lipinski definition) is 0. The van der Waals surface area contributed by atoms with E-state index >= 15 is 0 Å². The minimum Gasteiger partial charge on any atom is -0.306 e. The van der Waals surface area contributed by atoms with Crippen molar-refractivity contribution in [1.29, 1.82) is 5.26 Å². The highest BCUT2D eigenvalue weighted by molar-refractivity contribution is 5.83. The van der Waals surface area contributed by atoms with E-state index < -0.39 is 0 Å². The first-order valence-corrected chi connectivity index (χ1v) is 3.82. The zero-order valence-electron chi connectivity index (χ0n) is 6.71. The molecule has 3 heteroatoms. The van der Waals surface area contributed by atoms with Crippen molar-refractivity contribution in [2.45, 2.75) is 12.8 Å². The lowest BCUT2D eigenvalue weighted by molar-refractivity contribution is -0.121. The molecule has 60 valence electrons. The second-order valence-electron chi connectivity index (χ2n) is 3.05. The van der Waals surface area contributed by atoms with Gasteiger partial charge in [0.25, 0.3) is 0 Å². The second kappa shape index (κ2) is 3.49. The summed E-state index contributed by atoms with van der Waals surface area (Å²) in [5.41, 5.74) is 0. The summed E-state index contributed by atoms with van der Waals surface area (Å²) in [6.45, 7) is 1.82. The lowest BCUT2D eigenvalue weighted by Gasteiger charge is -2.06. The molecule has 0 aliphatic carbocycles. The molecule has 1 unspecified atom stereocenters. The number of nitrogens with zero attached hydrogens (tertiary/aromatic N) is 2. The third kappa shape index (κ3) is 2.02. The van der Waals surface area contributed by atoms with Gasteiger partial charge in [0.15, 0.2) is 5.78 Å². The van der Waals surface area contributed by atoms with Crippen LogP contribution < -0.4 is 0 Å². The normalized spacial score (nSPS) is 24.9. The lowest BCUT2D eigenvalue weighted by atomic mass is 10.0. The summed E-state index contributed by atoms with van der Waals surface area (Å²) in [4.78, 5) is 13.3. The predicted molar refractivity (Wildman–Crippen MR) is 40.8 cm³/mol. The first-order chi connectivity index (χ1) is 5.24. The van der Waals surface area contributed by atoms with Crippen LogP contribution in [-0.2, 0) is 4.79 Å². The molecule has 1 saturated heterocycles. The summed E-state index contributed by atoms with van der Waals surface area (Å²) >= 11 is 0. The van der Waals surface area contributed by atoms with E-state index in [-0.39, 0.29) is 18.1 Å². The average Bonchev–Trinajstić information content (AvgIpc) is 2.36. The highest BCUT2D eigenvalue weighted by Crippen LogP contribution is 2.16. The summed E-state index contributed by atoms with van der Waals surface area (Å²) in [5, 5.41) is 8.28. The molecule has 0 bridgehead atoms. The molecule has 0 aromatic rings. The smallest absolute Gasteiger partial charge is 0.151 e. The van der Waals surface area contributed by atoms with Gasteiger partial charge in [-0.25, -0.2) is 0 Å². The standard InChI is InChI=1S/C8H12N2O/c1-10-5-3-7(6-10)8(11)2-4-9/h7H,2-3,5-6H2,1H3. The summed E-state index contributed by atoms with van der Waals surface area (Å²) < 4.78 is 0. The molecule has 0 saturated carbocycles. The average molecular weight is 152 g/mol. The highest BCUT2D eigenvalue weighted by Gasteiger charge is 2.25. The molecule has 1 heterocycles. The van der Waals surface area contributed by atoms with Crippen molar-refractivity contribution in [2.75, 3.05) is 20.1 Å². The van der Waals surface area contributed by atoms with E-state index in [4.69, 9.17) is 5.26 Å². The number of Topliss-reactive ketones (excluding diaryl/α,β-unsaturated/α-hetero) is 1. The Kier molecular flexibility index (Phi) is 2.61. The molecule has 3 nitrogen and oxygen atoms in total. The van der Waals surface area contributed by atoms with Crippen LogP contribution in [0, 0.1) is 17.2 Å². The monoisotopic (exact) mass is 152 g/mol. The number of hydrogen-bond acceptors (Lipinski definition) is 3. The Balaban J connectivity index is 2.38. The van der Waals surface area contributed by atoms with Gasteiger partial charge in [-0.1, -0.05) is 0 Å². The van der Waals surface area contributed by atoms with Crippen LogP contribution in [0.25, 0.3) is 0 Å². The van der Waals surface area contributed by atoms with Gasteiger partial charge >= 0.3 is 0 Å². The van der Waals surface area contributed by atoms with Gasteiger partial charge in [0, 0.05) is 12.5 Å². The van der Waals surface area contributed by atoms with Crippen molar-refractivity contribution >= 4 is 5.78 Å². The van der Waals surface area contributed by atoms with Crippen molar-refractivity contribution in [3.63, 3.8) is 0 Å². The second-order valence-corrected chi connectivity index (χ2v) is 3.05. The minimum absolute atomic E-state index is 0.0819. The SMILES string of the molecule is CN1CCC(C(=O)CC#N)C1. The van der Waals surface area contributed by atoms with Crippen molar-refractivity contribution in [3.8, 4) is 6.07 Å². The lowest BCUT2D eigenvalue weighted by Crippen LogP contribution is -2.19. The van der Waals surface area contributed by atoms with Crippen LogP contribution >= 0.6 is 0 Å². The van der Waals surface area contributed by atoms with E-state index in [9.17, 15) is 4.79 Å². The van der Waals surface area contributed by atoms with Crippen LogP contribution in [0.5, 0.6) is 0 Å². The molecule has 0 radical (unpaired) electrons. The third-order valence-corrected chi connectivity index (χ3v) is 2.10. The number of nitriles is 1. The van der Waals surface area contributed by atoms with Crippen LogP contribution in [0.1, 0.15) is 12.8 Å². The predicted octanol–water partition coefficient (Wildman–Crippen LogP) is 0.421. The number of ketones is 1. The van der Waals surface area contributed by atoms with Crippen LogP contribution in [0.15, 0.2) is 0 Å². The number of carbonyl (C=O) groups excluding carboxylic acids is 1. The fourth-order valence-corrected chi connectivity index (χ4v) is 1.42. The summed E-state index contributed by atoms with van der Waals surface area (Å²) in [6, 6.07) is 1.89. The Morgan fingerprint density at radius 2 is 2.55 bits per heavy atom. The molecular weight excluding hydrogens is 140 g/mol. The van der Waals surface area contributed by atoms with Gasteiger partial charge in [0.1, 0.15) is 0 Å². The molecule has 0 aromatic carbocycles. The zero-order valence-corrected chi connectivity index (χ0v) is 6.71. The minimum atomic E-state index is 0.0819. The van der Waals surface area contributed by atoms with Crippen LogP contribution in [0.3, 0.4) is 0 Å². The Morgan fingerprint density at radius 1 is 1.82 bits per heavy atom. The molecule has 1 fully saturated rings. The van der Waals surface area contributed by atoms with Crippen molar-refractivity contribution in [2.24, 2.45) is 5.92 Å². The molecule has 0 aromatic heterocycles. The molecule has 0 amide bonds. The fraction of sp³-hybridized carbons (Fsp3) is 0.750. The molecule has 1 aliphatic rings. The van der Waals surface area contributed by atoms with Crippen LogP contribution in [0.4, 0.5) is 0 Å². The van der Waals surface area contributed by atoms with E-state index in [0.717, 1.165) is 19.5 Å². The van der Waals surface area contributed by atoms with Gasteiger partial charge in [0.05, 0.1) is 12.5 Å². The first-order valence-electron chi connectivity index (χ1n) is 3.82.